The van der Waals surface area contributed by atoms with E-state index in [0.717, 1.165) is 23.1 Å². The third kappa shape index (κ3) is 2.87. The maximum absolute atomic E-state index is 5.60. The van der Waals surface area contributed by atoms with Crippen LogP contribution in [0.2, 0.25) is 0 Å². The van der Waals surface area contributed by atoms with E-state index in [9.17, 15) is 0 Å². The third-order valence-electron chi connectivity index (χ3n) is 2.19. The molecule has 4 heteroatoms. The SMILES string of the molecule is CCC(CC)Nc1ncc(N)cc1Br. The molecule has 3 nitrogen and oxygen atoms in total. The molecule has 0 saturated heterocycles. The minimum Gasteiger partial charge on any atom is -0.397 e. The second-order valence-corrected chi connectivity index (χ2v) is 4.11. The van der Waals surface area contributed by atoms with Gasteiger partial charge in [-0.1, -0.05) is 13.8 Å². The molecule has 0 fully saturated rings. The van der Waals surface area contributed by atoms with E-state index in [1.165, 1.54) is 0 Å². The lowest BCUT2D eigenvalue weighted by molar-refractivity contribution is 0.668. The largest absolute Gasteiger partial charge is 0.397 e. The van der Waals surface area contributed by atoms with Gasteiger partial charge in [-0.3, -0.25) is 0 Å². The normalized spacial score (nSPS) is 10.6. The first-order valence-corrected chi connectivity index (χ1v) is 5.64. The summed E-state index contributed by atoms with van der Waals surface area (Å²) in [6, 6.07) is 2.33. The molecule has 0 saturated carbocycles. The van der Waals surface area contributed by atoms with Crippen LogP contribution in [0, 0.1) is 0 Å². The fraction of sp³-hybridized carbons (Fsp3) is 0.500. The van der Waals surface area contributed by atoms with Gasteiger partial charge in [-0.05, 0) is 34.8 Å². The van der Waals surface area contributed by atoms with E-state index in [-0.39, 0.29) is 0 Å². The van der Waals surface area contributed by atoms with E-state index in [4.69, 9.17) is 5.73 Å². The highest BCUT2D eigenvalue weighted by atomic mass is 79.9. The van der Waals surface area contributed by atoms with Gasteiger partial charge in [-0.15, -0.1) is 0 Å². The van der Waals surface area contributed by atoms with Gasteiger partial charge in [-0.25, -0.2) is 4.98 Å². The third-order valence-corrected chi connectivity index (χ3v) is 2.79. The van der Waals surface area contributed by atoms with Crippen LogP contribution in [0.15, 0.2) is 16.7 Å². The lowest BCUT2D eigenvalue weighted by Crippen LogP contribution is -2.18. The molecule has 0 aromatic carbocycles. The lowest BCUT2D eigenvalue weighted by Gasteiger charge is -2.16. The quantitative estimate of drug-likeness (QED) is 0.872. The molecule has 3 N–H and O–H groups in total. The fourth-order valence-corrected chi connectivity index (χ4v) is 1.73. The summed E-state index contributed by atoms with van der Waals surface area (Å²) in [6.45, 7) is 4.32. The van der Waals surface area contributed by atoms with E-state index in [1.807, 2.05) is 6.07 Å². The van der Waals surface area contributed by atoms with Crippen LogP contribution in [0.4, 0.5) is 11.5 Å². The van der Waals surface area contributed by atoms with Gasteiger partial charge in [-0.2, -0.15) is 0 Å². The predicted molar refractivity (Wildman–Crippen MR) is 64.3 cm³/mol. The molecule has 0 aliphatic rings. The molecule has 1 rings (SSSR count). The second kappa shape index (κ2) is 5.20. The average molecular weight is 258 g/mol. The molecule has 0 atom stereocenters. The number of anilines is 2. The number of nitrogens with one attached hydrogen (secondary N) is 1. The van der Waals surface area contributed by atoms with Crippen LogP contribution in [0.5, 0.6) is 0 Å². The Bertz CT molecular complexity index is 297. The Labute approximate surface area is 93.2 Å². The Hall–Kier alpha value is -0.770. The van der Waals surface area contributed by atoms with Crippen molar-refractivity contribution in [3.05, 3.63) is 16.7 Å². The summed E-state index contributed by atoms with van der Waals surface area (Å²) in [5, 5.41) is 3.36. The molecule has 0 aliphatic carbocycles. The lowest BCUT2D eigenvalue weighted by atomic mass is 10.2. The Morgan fingerprint density at radius 3 is 2.64 bits per heavy atom. The topological polar surface area (TPSA) is 50.9 Å². The number of pyridine rings is 1. The predicted octanol–water partition coefficient (Wildman–Crippen LogP) is 3.03. The molecule has 1 aromatic heterocycles. The maximum atomic E-state index is 5.60. The molecular weight excluding hydrogens is 242 g/mol. The summed E-state index contributed by atoms with van der Waals surface area (Å²) in [7, 11) is 0. The highest BCUT2D eigenvalue weighted by molar-refractivity contribution is 9.10. The zero-order valence-electron chi connectivity index (χ0n) is 8.55. The van der Waals surface area contributed by atoms with Crippen LogP contribution in [-0.4, -0.2) is 11.0 Å². The van der Waals surface area contributed by atoms with Crippen molar-refractivity contribution in [3.63, 3.8) is 0 Å². The number of halogens is 1. The van der Waals surface area contributed by atoms with Crippen LogP contribution < -0.4 is 11.1 Å². The van der Waals surface area contributed by atoms with E-state index < -0.39 is 0 Å². The standard InChI is InChI=1S/C10H16BrN3/c1-3-8(4-2)14-10-9(11)5-7(12)6-13-10/h5-6,8H,3-4,12H2,1-2H3,(H,13,14). The van der Waals surface area contributed by atoms with Gasteiger partial charge >= 0.3 is 0 Å². The van der Waals surface area contributed by atoms with E-state index >= 15 is 0 Å². The first kappa shape index (κ1) is 11.3. The average Bonchev–Trinajstić information content (AvgIpc) is 2.17. The number of aromatic nitrogens is 1. The number of hydrogen-bond donors (Lipinski definition) is 2. The van der Waals surface area contributed by atoms with Crippen LogP contribution in [0.25, 0.3) is 0 Å². The summed E-state index contributed by atoms with van der Waals surface area (Å²) in [6.07, 6.45) is 3.85. The number of nitrogens with two attached hydrogens (primary N) is 1. The monoisotopic (exact) mass is 257 g/mol. The Kier molecular flexibility index (Phi) is 4.20. The van der Waals surface area contributed by atoms with E-state index in [1.54, 1.807) is 6.20 Å². The van der Waals surface area contributed by atoms with Crippen molar-refractivity contribution in [1.82, 2.24) is 4.98 Å². The van der Waals surface area contributed by atoms with Crippen molar-refractivity contribution in [2.45, 2.75) is 32.7 Å². The number of nitrogens with zero attached hydrogens (tertiary/aromatic N) is 1. The molecular formula is C10H16BrN3. The smallest absolute Gasteiger partial charge is 0.140 e. The van der Waals surface area contributed by atoms with Gasteiger partial charge < -0.3 is 11.1 Å². The summed E-state index contributed by atoms with van der Waals surface area (Å²) in [5.74, 6) is 0.868. The van der Waals surface area contributed by atoms with Crippen molar-refractivity contribution in [3.8, 4) is 0 Å². The molecule has 78 valence electrons. The zero-order chi connectivity index (χ0) is 10.6. The second-order valence-electron chi connectivity index (χ2n) is 3.26. The van der Waals surface area contributed by atoms with Crippen molar-refractivity contribution in [2.24, 2.45) is 0 Å². The van der Waals surface area contributed by atoms with Crippen molar-refractivity contribution in [1.29, 1.82) is 0 Å². The first-order chi connectivity index (χ1) is 6.67. The van der Waals surface area contributed by atoms with E-state index in [0.29, 0.717) is 11.7 Å². The minimum absolute atomic E-state index is 0.474. The molecule has 1 aromatic rings. The molecule has 0 spiro atoms. The van der Waals surface area contributed by atoms with Crippen LogP contribution in [0.3, 0.4) is 0 Å². The van der Waals surface area contributed by atoms with Crippen molar-refractivity contribution < 1.29 is 0 Å². The molecule has 0 bridgehead atoms. The fourth-order valence-electron chi connectivity index (χ4n) is 1.25. The molecule has 0 amide bonds. The highest BCUT2D eigenvalue weighted by Gasteiger charge is 2.06. The molecule has 0 aliphatic heterocycles. The highest BCUT2D eigenvalue weighted by Crippen LogP contribution is 2.23. The molecule has 1 heterocycles. The number of nitrogen functional groups attached to an aromatic ring is 1. The summed E-state index contributed by atoms with van der Waals surface area (Å²) in [5.41, 5.74) is 6.28. The van der Waals surface area contributed by atoms with E-state index in [2.05, 4.69) is 40.1 Å². The summed E-state index contributed by atoms with van der Waals surface area (Å²) >= 11 is 3.43. The van der Waals surface area contributed by atoms with Gasteiger partial charge in [0.1, 0.15) is 5.82 Å². The number of rotatable bonds is 4. The summed E-state index contributed by atoms with van der Waals surface area (Å²) in [4.78, 5) is 4.23. The van der Waals surface area contributed by atoms with Crippen LogP contribution in [-0.2, 0) is 0 Å². The Morgan fingerprint density at radius 2 is 2.14 bits per heavy atom. The number of hydrogen-bond acceptors (Lipinski definition) is 3. The Balaban J connectivity index is 2.76. The molecule has 0 unspecified atom stereocenters. The molecule has 0 radical (unpaired) electrons. The van der Waals surface area contributed by atoms with Crippen LogP contribution >= 0.6 is 15.9 Å². The van der Waals surface area contributed by atoms with Crippen LogP contribution in [0.1, 0.15) is 26.7 Å². The minimum atomic E-state index is 0.474. The van der Waals surface area contributed by atoms with Gasteiger partial charge in [0.2, 0.25) is 0 Å². The molecule has 14 heavy (non-hydrogen) atoms. The van der Waals surface area contributed by atoms with Gasteiger partial charge in [0, 0.05) is 6.04 Å². The van der Waals surface area contributed by atoms with Crippen molar-refractivity contribution >= 4 is 27.4 Å². The maximum Gasteiger partial charge on any atom is 0.140 e. The van der Waals surface area contributed by atoms with Crippen molar-refractivity contribution in [2.75, 3.05) is 11.1 Å². The zero-order valence-corrected chi connectivity index (χ0v) is 10.1. The van der Waals surface area contributed by atoms with Gasteiger partial charge in [0.25, 0.3) is 0 Å². The van der Waals surface area contributed by atoms with Gasteiger partial charge in [0.15, 0.2) is 0 Å². The first-order valence-electron chi connectivity index (χ1n) is 4.84. The summed E-state index contributed by atoms with van der Waals surface area (Å²) < 4.78 is 0.921. The Morgan fingerprint density at radius 1 is 1.50 bits per heavy atom. The van der Waals surface area contributed by atoms with Gasteiger partial charge in [0.05, 0.1) is 16.4 Å².